The first-order valence-corrected chi connectivity index (χ1v) is 8.48. The van der Waals surface area contributed by atoms with Crippen molar-refractivity contribution < 1.29 is 13.5 Å². The average Bonchev–Trinajstić information content (AvgIpc) is 2.29. The zero-order chi connectivity index (χ0) is 13.6. The van der Waals surface area contributed by atoms with E-state index in [1.807, 2.05) is 6.92 Å². The van der Waals surface area contributed by atoms with Crippen LogP contribution in [0.25, 0.3) is 0 Å². The van der Waals surface area contributed by atoms with Gasteiger partial charge in [-0.05, 0) is 49.1 Å². The molecule has 0 aromatic heterocycles. The molecule has 0 aliphatic heterocycles. The van der Waals surface area contributed by atoms with Gasteiger partial charge in [-0.15, -0.1) is 0 Å². The Labute approximate surface area is 113 Å². The fraction of sp³-hybridized carbons (Fsp3) is 0.500. The van der Waals surface area contributed by atoms with E-state index in [9.17, 15) is 8.42 Å². The van der Waals surface area contributed by atoms with E-state index in [1.54, 1.807) is 11.8 Å². The van der Waals surface area contributed by atoms with E-state index in [2.05, 4.69) is 11.6 Å². The van der Waals surface area contributed by atoms with Crippen LogP contribution in [0.3, 0.4) is 0 Å². The van der Waals surface area contributed by atoms with Gasteiger partial charge < -0.3 is 5.11 Å². The van der Waals surface area contributed by atoms with E-state index >= 15 is 0 Å². The Bertz CT molecular complexity index is 457. The van der Waals surface area contributed by atoms with Gasteiger partial charge in [0.05, 0.1) is 4.90 Å². The van der Waals surface area contributed by atoms with Crippen LogP contribution >= 0.6 is 11.8 Å². The summed E-state index contributed by atoms with van der Waals surface area (Å²) in [6.07, 6.45) is 0.801. The quantitative estimate of drug-likeness (QED) is 0.755. The third-order valence-corrected chi connectivity index (χ3v) is 4.94. The third kappa shape index (κ3) is 4.88. The van der Waals surface area contributed by atoms with Crippen LogP contribution < -0.4 is 4.72 Å². The maximum Gasteiger partial charge on any atom is 0.240 e. The van der Waals surface area contributed by atoms with Crippen LogP contribution in [0.5, 0.6) is 5.75 Å². The molecule has 1 rings (SSSR count). The smallest absolute Gasteiger partial charge is 0.240 e. The molecule has 1 aromatic rings. The SMILES string of the molecule is CCSCCC(C)NS(=O)(=O)c1ccc(O)cc1. The van der Waals surface area contributed by atoms with Crippen LogP contribution in [0.4, 0.5) is 0 Å². The standard InChI is InChI=1S/C12H19NO3S2/c1-3-17-9-8-10(2)13-18(15,16)12-6-4-11(14)5-7-12/h4-7,10,13-14H,3,8-9H2,1-2H3. The summed E-state index contributed by atoms with van der Waals surface area (Å²) in [5.41, 5.74) is 0. The molecule has 0 saturated carbocycles. The zero-order valence-electron chi connectivity index (χ0n) is 10.6. The topological polar surface area (TPSA) is 66.4 Å². The summed E-state index contributed by atoms with van der Waals surface area (Å²) in [4.78, 5) is 0.176. The van der Waals surface area contributed by atoms with E-state index in [0.29, 0.717) is 0 Å². The molecule has 0 fully saturated rings. The number of nitrogens with one attached hydrogen (secondary N) is 1. The molecule has 0 bridgehead atoms. The van der Waals surface area contributed by atoms with Crippen molar-refractivity contribution in [3.63, 3.8) is 0 Å². The highest BCUT2D eigenvalue weighted by Crippen LogP contribution is 2.15. The van der Waals surface area contributed by atoms with E-state index in [4.69, 9.17) is 5.11 Å². The monoisotopic (exact) mass is 289 g/mol. The van der Waals surface area contributed by atoms with Gasteiger partial charge in [-0.1, -0.05) is 6.92 Å². The van der Waals surface area contributed by atoms with Gasteiger partial charge in [0, 0.05) is 6.04 Å². The first kappa shape index (κ1) is 15.3. The van der Waals surface area contributed by atoms with Gasteiger partial charge in [0.2, 0.25) is 10.0 Å². The maximum atomic E-state index is 12.0. The van der Waals surface area contributed by atoms with Gasteiger partial charge in [-0.3, -0.25) is 0 Å². The molecule has 0 amide bonds. The lowest BCUT2D eigenvalue weighted by molar-refractivity contribution is 0.474. The van der Waals surface area contributed by atoms with Crippen LogP contribution in [0, 0.1) is 0 Å². The number of phenolic OH excluding ortho intramolecular Hbond substituents is 1. The first-order chi connectivity index (χ1) is 8.45. The summed E-state index contributed by atoms with van der Waals surface area (Å²) in [6.45, 7) is 3.93. The number of benzene rings is 1. The summed E-state index contributed by atoms with van der Waals surface area (Å²) < 4.78 is 26.6. The molecule has 6 heteroatoms. The maximum absolute atomic E-state index is 12.0. The summed E-state index contributed by atoms with van der Waals surface area (Å²) in [7, 11) is -3.48. The molecule has 0 spiro atoms. The van der Waals surface area contributed by atoms with Gasteiger partial charge in [-0.25, -0.2) is 13.1 Å². The summed E-state index contributed by atoms with van der Waals surface area (Å²) in [5.74, 6) is 2.04. The van der Waals surface area contributed by atoms with E-state index in [-0.39, 0.29) is 16.7 Å². The van der Waals surface area contributed by atoms with Gasteiger partial charge in [0.1, 0.15) is 5.75 Å². The second-order valence-electron chi connectivity index (χ2n) is 4.00. The third-order valence-electron chi connectivity index (χ3n) is 2.40. The zero-order valence-corrected chi connectivity index (χ0v) is 12.2. The number of thioether (sulfide) groups is 1. The first-order valence-electron chi connectivity index (χ1n) is 5.85. The van der Waals surface area contributed by atoms with Crippen molar-refractivity contribution in [1.29, 1.82) is 0 Å². The Morgan fingerprint density at radius 1 is 1.33 bits per heavy atom. The number of phenols is 1. The predicted molar refractivity (Wildman–Crippen MR) is 75.5 cm³/mol. The fourth-order valence-corrected chi connectivity index (χ4v) is 3.51. The van der Waals surface area contributed by atoms with Gasteiger partial charge >= 0.3 is 0 Å². The van der Waals surface area contributed by atoms with Gasteiger partial charge in [-0.2, -0.15) is 11.8 Å². The highest BCUT2D eigenvalue weighted by Gasteiger charge is 2.16. The molecular formula is C12H19NO3S2. The Kier molecular flexibility index (Phi) is 5.98. The van der Waals surface area contributed by atoms with Crippen LogP contribution in [0.1, 0.15) is 20.3 Å². The average molecular weight is 289 g/mol. The van der Waals surface area contributed by atoms with Crippen molar-refractivity contribution in [2.24, 2.45) is 0 Å². The van der Waals surface area contributed by atoms with Crippen molar-refractivity contribution in [2.75, 3.05) is 11.5 Å². The lowest BCUT2D eigenvalue weighted by Gasteiger charge is -2.13. The minimum absolute atomic E-state index is 0.0568. The molecule has 1 aromatic carbocycles. The number of aromatic hydroxyl groups is 1. The van der Waals surface area contributed by atoms with Crippen LogP contribution in [0.2, 0.25) is 0 Å². The summed E-state index contributed by atoms with van der Waals surface area (Å²) in [6, 6.07) is 5.43. The van der Waals surface area contributed by atoms with E-state index < -0.39 is 10.0 Å². The highest BCUT2D eigenvalue weighted by molar-refractivity contribution is 7.99. The predicted octanol–water partition coefficient (Wildman–Crippen LogP) is 2.20. The molecule has 1 unspecified atom stereocenters. The Balaban J connectivity index is 2.61. The molecule has 0 aliphatic rings. The lowest BCUT2D eigenvalue weighted by atomic mass is 10.3. The minimum Gasteiger partial charge on any atom is -0.508 e. The minimum atomic E-state index is -3.48. The van der Waals surface area contributed by atoms with Crippen LogP contribution in [-0.2, 0) is 10.0 Å². The van der Waals surface area contributed by atoms with Crippen molar-refractivity contribution in [1.82, 2.24) is 4.72 Å². The summed E-state index contributed by atoms with van der Waals surface area (Å²) in [5, 5.41) is 9.13. The molecule has 102 valence electrons. The Morgan fingerprint density at radius 3 is 2.50 bits per heavy atom. The molecular weight excluding hydrogens is 270 g/mol. The van der Waals surface area contributed by atoms with E-state index in [1.165, 1.54) is 24.3 Å². The van der Waals surface area contributed by atoms with Gasteiger partial charge in [0.15, 0.2) is 0 Å². The van der Waals surface area contributed by atoms with Crippen molar-refractivity contribution in [2.45, 2.75) is 31.2 Å². The van der Waals surface area contributed by atoms with Crippen LogP contribution in [-0.4, -0.2) is 31.1 Å². The second kappa shape index (κ2) is 7.01. The lowest BCUT2D eigenvalue weighted by Crippen LogP contribution is -2.32. The number of hydrogen-bond donors (Lipinski definition) is 2. The fourth-order valence-electron chi connectivity index (χ4n) is 1.42. The Morgan fingerprint density at radius 2 is 1.94 bits per heavy atom. The van der Waals surface area contributed by atoms with Crippen molar-refractivity contribution in [3.05, 3.63) is 24.3 Å². The highest BCUT2D eigenvalue weighted by atomic mass is 32.2. The molecule has 4 nitrogen and oxygen atoms in total. The van der Waals surface area contributed by atoms with Crippen molar-refractivity contribution in [3.8, 4) is 5.75 Å². The number of hydrogen-bond acceptors (Lipinski definition) is 4. The molecule has 0 heterocycles. The molecule has 1 atom stereocenters. The number of sulfonamides is 1. The van der Waals surface area contributed by atoms with Gasteiger partial charge in [0.25, 0.3) is 0 Å². The summed E-state index contributed by atoms with van der Waals surface area (Å²) >= 11 is 1.79. The normalized spacial score (nSPS) is 13.4. The molecule has 0 saturated heterocycles. The second-order valence-corrected chi connectivity index (χ2v) is 7.11. The van der Waals surface area contributed by atoms with Crippen LogP contribution in [0.15, 0.2) is 29.2 Å². The number of rotatable bonds is 7. The largest absolute Gasteiger partial charge is 0.508 e. The van der Waals surface area contributed by atoms with Crippen molar-refractivity contribution >= 4 is 21.8 Å². The molecule has 0 aliphatic carbocycles. The molecule has 0 radical (unpaired) electrons. The molecule has 2 N–H and O–H groups in total. The van der Waals surface area contributed by atoms with E-state index in [0.717, 1.165) is 17.9 Å². The molecule has 18 heavy (non-hydrogen) atoms. The Hall–Kier alpha value is -0.720.